The largest absolute Gasteiger partial charge is 0.391 e. The van der Waals surface area contributed by atoms with Crippen molar-refractivity contribution < 1.29 is 4.84 Å². The van der Waals surface area contributed by atoms with Gasteiger partial charge in [0.2, 0.25) is 0 Å². The van der Waals surface area contributed by atoms with E-state index in [9.17, 15) is 0 Å². The summed E-state index contributed by atoms with van der Waals surface area (Å²) in [7, 11) is 0. The summed E-state index contributed by atoms with van der Waals surface area (Å²) in [5.74, 6) is 3.62. The van der Waals surface area contributed by atoms with Gasteiger partial charge in [-0.15, -0.1) is 0 Å². The van der Waals surface area contributed by atoms with E-state index in [-0.39, 0.29) is 0 Å². The molecular weight excluding hydrogens is 332 g/mol. The van der Waals surface area contributed by atoms with Gasteiger partial charge in [-0.25, -0.2) is 0 Å². The van der Waals surface area contributed by atoms with Gasteiger partial charge < -0.3 is 10.2 Å². The quantitative estimate of drug-likeness (QED) is 0.527. The predicted molar refractivity (Wildman–Crippen MR) is 111 cm³/mol. The first kappa shape index (κ1) is 18.2. The Kier molecular flexibility index (Phi) is 4.46. The molecule has 1 saturated heterocycles. The van der Waals surface area contributed by atoms with Crippen LogP contribution >= 0.6 is 0 Å². The number of oxime groups is 1. The van der Waals surface area contributed by atoms with Crippen molar-refractivity contribution in [1.29, 1.82) is 0 Å². The molecule has 0 aromatic carbocycles. The van der Waals surface area contributed by atoms with Crippen LogP contribution in [-0.2, 0) is 4.84 Å². The predicted octanol–water partition coefficient (Wildman–Crippen LogP) is 5.32. The normalized spacial score (nSPS) is 51.0. The van der Waals surface area contributed by atoms with Gasteiger partial charge in [-0.05, 0) is 98.8 Å². The Morgan fingerprint density at radius 2 is 1.93 bits per heavy atom. The van der Waals surface area contributed by atoms with Crippen LogP contribution in [-0.4, -0.2) is 24.9 Å². The molecule has 4 saturated carbocycles. The molecule has 5 rings (SSSR count). The van der Waals surface area contributed by atoms with Crippen molar-refractivity contribution in [2.45, 2.75) is 84.2 Å². The minimum absolute atomic E-state index is 0.299. The Balaban J connectivity index is 1.30. The number of hydrogen-bond acceptors (Lipinski definition) is 3. The molecule has 4 aliphatic carbocycles. The highest BCUT2D eigenvalue weighted by Gasteiger charge is 2.58. The van der Waals surface area contributed by atoms with Gasteiger partial charge >= 0.3 is 0 Å². The maximum atomic E-state index is 5.86. The van der Waals surface area contributed by atoms with Crippen molar-refractivity contribution in [1.82, 2.24) is 5.32 Å². The second-order valence-corrected chi connectivity index (χ2v) is 10.8. The highest BCUT2D eigenvalue weighted by atomic mass is 16.6. The van der Waals surface area contributed by atoms with E-state index < -0.39 is 0 Å². The van der Waals surface area contributed by atoms with Crippen molar-refractivity contribution in [2.24, 2.45) is 39.7 Å². The molecule has 0 aromatic rings. The van der Waals surface area contributed by atoms with Gasteiger partial charge in [-0.2, -0.15) is 0 Å². The molecule has 0 radical (unpaired) electrons. The molecule has 3 nitrogen and oxygen atoms in total. The van der Waals surface area contributed by atoms with Crippen molar-refractivity contribution in [3.05, 3.63) is 12.2 Å². The Morgan fingerprint density at radius 3 is 2.74 bits per heavy atom. The summed E-state index contributed by atoms with van der Waals surface area (Å²) in [4.78, 5) is 5.86. The average molecular weight is 371 g/mol. The third kappa shape index (κ3) is 2.82. The molecule has 5 fully saturated rings. The lowest BCUT2D eigenvalue weighted by Gasteiger charge is -2.60. The lowest BCUT2D eigenvalue weighted by atomic mass is 9.45. The van der Waals surface area contributed by atoms with E-state index in [4.69, 9.17) is 4.84 Å². The summed E-state index contributed by atoms with van der Waals surface area (Å²) < 4.78 is 0. The van der Waals surface area contributed by atoms with Gasteiger partial charge in [-0.1, -0.05) is 31.2 Å². The van der Waals surface area contributed by atoms with Crippen molar-refractivity contribution in [3.8, 4) is 0 Å². The monoisotopic (exact) mass is 370 g/mol. The van der Waals surface area contributed by atoms with Crippen LogP contribution in [0.2, 0.25) is 0 Å². The molecule has 0 aromatic heterocycles. The molecule has 27 heavy (non-hydrogen) atoms. The topological polar surface area (TPSA) is 33.6 Å². The zero-order valence-electron chi connectivity index (χ0n) is 17.4. The maximum Gasteiger partial charge on any atom is 0.141 e. The molecule has 1 N–H and O–H groups in total. The van der Waals surface area contributed by atoms with E-state index in [0.717, 1.165) is 49.6 Å². The zero-order chi connectivity index (χ0) is 18.6. The number of allylic oxidation sites excluding steroid dienone is 1. The van der Waals surface area contributed by atoms with E-state index in [2.05, 4.69) is 30.9 Å². The first-order valence-corrected chi connectivity index (χ1v) is 11.6. The Hall–Kier alpha value is -0.830. The number of rotatable bonds is 2. The molecular formula is C24H38N2O. The lowest BCUT2D eigenvalue weighted by molar-refractivity contribution is -0.0861. The Bertz CT molecular complexity index is 636. The fourth-order valence-corrected chi connectivity index (χ4v) is 7.92. The van der Waals surface area contributed by atoms with Crippen molar-refractivity contribution in [2.75, 3.05) is 13.1 Å². The van der Waals surface area contributed by atoms with Gasteiger partial charge in [0.1, 0.15) is 6.10 Å². The standard InChI is InChI=1S/C24H38N2O/c1-16-4-7-21-20-6-5-17-14-18(26-27-19-10-13-25-15-19)8-11-24(17,3)22(20)9-12-23(16,21)2/h17,19-22,25H,1,4-15H2,2-3H3/t17?,19?,20?,21?,22?,23-,24+/m1/s1. The molecule has 0 amide bonds. The van der Waals surface area contributed by atoms with Crippen molar-refractivity contribution >= 4 is 5.71 Å². The van der Waals surface area contributed by atoms with Crippen LogP contribution in [0.1, 0.15) is 78.1 Å². The lowest BCUT2D eigenvalue weighted by Crippen LogP contribution is -2.52. The molecule has 5 aliphatic rings. The van der Waals surface area contributed by atoms with Gasteiger partial charge in [0.15, 0.2) is 0 Å². The molecule has 7 atom stereocenters. The second kappa shape index (κ2) is 6.61. The van der Waals surface area contributed by atoms with Crippen molar-refractivity contribution in [3.63, 3.8) is 0 Å². The molecule has 0 spiro atoms. The fourth-order valence-electron chi connectivity index (χ4n) is 7.92. The summed E-state index contributed by atoms with van der Waals surface area (Å²) in [5, 5.41) is 8.00. The summed E-state index contributed by atoms with van der Waals surface area (Å²) in [6.45, 7) is 11.7. The van der Waals surface area contributed by atoms with Gasteiger partial charge in [0.25, 0.3) is 0 Å². The first-order valence-electron chi connectivity index (χ1n) is 11.6. The summed E-state index contributed by atoms with van der Waals surface area (Å²) >= 11 is 0. The summed E-state index contributed by atoms with van der Waals surface area (Å²) in [6, 6.07) is 0. The van der Waals surface area contributed by atoms with E-state index >= 15 is 0 Å². The van der Waals surface area contributed by atoms with E-state index in [1.807, 2.05) is 0 Å². The fraction of sp³-hybridized carbons (Fsp3) is 0.875. The van der Waals surface area contributed by atoms with E-state index in [0.29, 0.717) is 16.9 Å². The molecule has 1 heterocycles. The highest BCUT2D eigenvalue weighted by Crippen LogP contribution is 2.66. The van der Waals surface area contributed by atoms with E-state index in [1.165, 1.54) is 57.1 Å². The number of fused-ring (bicyclic) bond motifs is 5. The van der Waals surface area contributed by atoms with Crippen LogP contribution in [0.5, 0.6) is 0 Å². The van der Waals surface area contributed by atoms with E-state index in [1.54, 1.807) is 5.57 Å². The molecule has 3 heteroatoms. The van der Waals surface area contributed by atoms with Crippen LogP contribution in [0.15, 0.2) is 17.3 Å². The smallest absolute Gasteiger partial charge is 0.141 e. The third-order valence-electron chi connectivity index (χ3n) is 9.80. The SMILES string of the molecule is C=C1CCC2C3CCC4CC(=NOC5CCNC5)CC[C@]4(C)C3CC[C@]12C. The van der Waals surface area contributed by atoms with Crippen LogP contribution in [0.4, 0.5) is 0 Å². The minimum atomic E-state index is 0.299. The molecule has 0 bridgehead atoms. The minimum Gasteiger partial charge on any atom is -0.391 e. The van der Waals surface area contributed by atoms with Crippen LogP contribution in [0, 0.1) is 34.5 Å². The summed E-state index contributed by atoms with van der Waals surface area (Å²) in [5.41, 5.74) is 3.89. The van der Waals surface area contributed by atoms with Gasteiger partial charge in [0.05, 0.1) is 5.71 Å². The van der Waals surface area contributed by atoms with Gasteiger partial charge in [0, 0.05) is 13.0 Å². The van der Waals surface area contributed by atoms with Crippen LogP contribution in [0.25, 0.3) is 0 Å². The Morgan fingerprint density at radius 1 is 1.04 bits per heavy atom. The van der Waals surface area contributed by atoms with Crippen LogP contribution in [0.3, 0.4) is 0 Å². The number of nitrogens with zero attached hydrogens (tertiary/aromatic N) is 1. The molecule has 5 unspecified atom stereocenters. The molecule has 1 aliphatic heterocycles. The summed E-state index contributed by atoms with van der Waals surface area (Å²) in [6.07, 6.45) is 13.4. The molecule has 150 valence electrons. The average Bonchev–Trinajstić information content (AvgIpc) is 3.28. The maximum absolute atomic E-state index is 5.86. The van der Waals surface area contributed by atoms with Crippen LogP contribution < -0.4 is 5.32 Å². The second-order valence-electron chi connectivity index (χ2n) is 10.8. The number of hydrogen-bond donors (Lipinski definition) is 1. The zero-order valence-corrected chi connectivity index (χ0v) is 17.4. The third-order valence-corrected chi connectivity index (χ3v) is 9.80. The number of nitrogens with one attached hydrogen (secondary N) is 1. The Labute approximate surface area is 165 Å². The first-order chi connectivity index (χ1) is 13.0. The van der Waals surface area contributed by atoms with Gasteiger partial charge in [-0.3, -0.25) is 0 Å². The highest BCUT2D eigenvalue weighted by molar-refractivity contribution is 5.85.